The molecule has 2 heterocycles. The molecule has 7 nitrogen and oxygen atoms in total. The second-order valence-electron chi connectivity index (χ2n) is 8.28. The van der Waals surface area contributed by atoms with Crippen LogP contribution >= 0.6 is 0 Å². The van der Waals surface area contributed by atoms with Crippen molar-refractivity contribution in [3.8, 4) is 17.0 Å². The molecular formula is C23H30N4O3. The number of rotatable bonds is 8. The molecule has 3 aromatic rings. The zero-order valence-corrected chi connectivity index (χ0v) is 18.1. The number of fused-ring (bicyclic) bond motifs is 1. The molecule has 1 amide bonds. The SMILES string of the molecule is CCN(CC)CC(C)(C)COc1ccc2[nH]c(-c3cccn(C(N)=O)c3=O)cc2c1. The molecule has 0 spiro atoms. The van der Waals surface area contributed by atoms with Gasteiger partial charge in [-0.3, -0.25) is 4.79 Å². The van der Waals surface area contributed by atoms with Crippen molar-refractivity contribution in [1.29, 1.82) is 0 Å². The highest BCUT2D eigenvalue weighted by molar-refractivity contribution is 5.87. The number of amides is 1. The average Bonchev–Trinajstić information content (AvgIpc) is 3.13. The van der Waals surface area contributed by atoms with Gasteiger partial charge < -0.3 is 20.4 Å². The molecule has 0 aliphatic carbocycles. The standard InChI is InChI=1S/C23H30N4O3/c1-5-26(6-2)14-23(3,4)15-30-17-9-10-19-16(12-17)13-20(25-19)18-8-7-11-27(21(18)28)22(24)29/h7-13,25H,5-6,14-15H2,1-4H3,(H2,24,29). The number of pyridine rings is 1. The molecule has 0 aliphatic heterocycles. The van der Waals surface area contributed by atoms with Crippen LogP contribution in [0.15, 0.2) is 47.4 Å². The lowest BCUT2D eigenvalue weighted by Crippen LogP contribution is -2.37. The third-order valence-corrected chi connectivity index (χ3v) is 5.24. The van der Waals surface area contributed by atoms with Crippen LogP contribution in [0, 0.1) is 5.41 Å². The van der Waals surface area contributed by atoms with Crippen molar-refractivity contribution in [3.63, 3.8) is 0 Å². The van der Waals surface area contributed by atoms with E-state index >= 15 is 0 Å². The lowest BCUT2D eigenvalue weighted by atomic mass is 9.94. The molecule has 3 N–H and O–H groups in total. The summed E-state index contributed by atoms with van der Waals surface area (Å²) in [5, 5.41) is 0.929. The molecule has 0 saturated carbocycles. The second-order valence-corrected chi connectivity index (χ2v) is 8.28. The van der Waals surface area contributed by atoms with E-state index in [0.29, 0.717) is 17.9 Å². The highest BCUT2D eigenvalue weighted by atomic mass is 16.5. The molecule has 30 heavy (non-hydrogen) atoms. The number of H-pyrrole nitrogens is 1. The summed E-state index contributed by atoms with van der Waals surface area (Å²) in [5.41, 5.74) is 6.73. The number of benzene rings is 1. The first kappa shape index (κ1) is 21.6. The predicted molar refractivity (Wildman–Crippen MR) is 120 cm³/mol. The zero-order chi connectivity index (χ0) is 21.9. The van der Waals surface area contributed by atoms with Crippen LogP contribution < -0.4 is 16.0 Å². The van der Waals surface area contributed by atoms with Crippen LogP contribution in [0.25, 0.3) is 22.2 Å². The van der Waals surface area contributed by atoms with Crippen LogP contribution in [0.3, 0.4) is 0 Å². The number of nitrogens with two attached hydrogens (primary N) is 1. The van der Waals surface area contributed by atoms with Gasteiger partial charge in [0.1, 0.15) is 5.75 Å². The van der Waals surface area contributed by atoms with E-state index in [-0.39, 0.29) is 5.41 Å². The minimum Gasteiger partial charge on any atom is -0.493 e. The zero-order valence-electron chi connectivity index (χ0n) is 18.1. The van der Waals surface area contributed by atoms with Gasteiger partial charge in [0, 0.05) is 29.1 Å². The van der Waals surface area contributed by atoms with Crippen LogP contribution in [0.5, 0.6) is 5.75 Å². The van der Waals surface area contributed by atoms with Gasteiger partial charge in [-0.1, -0.05) is 27.7 Å². The first-order valence-electron chi connectivity index (χ1n) is 10.2. The van der Waals surface area contributed by atoms with Gasteiger partial charge >= 0.3 is 6.03 Å². The Bertz CT molecular complexity index is 1090. The van der Waals surface area contributed by atoms with E-state index in [1.54, 1.807) is 12.1 Å². The van der Waals surface area contributed by atoms with Crippen LogP contribution in [0.1, 0.15) is 27.7 Å². The van der Waals surface area contributed by atoms with E-state index < -0.39 is 11.6 Å². The fourth-order valence-corrected chi connectivity index (χ4v) is 3.60. The van der Waals surface area contributed by atoms with E-state index in [2.05, 4.69) is 37.6 Å². The maximum absolute atomic E-state index is 12.5. The molecule has 0 aliphatic rings. The molecule has 160 valence electrons. The van der Waals surface area contributed by atoms with E-state index in [0.717, 1.165) is 40.9 Å². The van der Waals surface area contributed by atoms with Crippen molar-refractivity contribution in [2.45, 2.75) is 27.7 Å². The van der Waals surface area contributed by atoms with Crippen LogP contribution in [-0.2, 0) is 0 Å². The van der Waals surface area contributed by atoms with Crippen molar-refractivity contribution in [2.75, 3.05) is 26.2 Å². The largest absolute Gasteiger partial charge is 0.493 e. The lowest BCUT2D eigenvalue weighted by Gasteiger charge is -2.31. The first-order chi connectivity index (χ1) is 14.2. The summed E-state index contributed by atoms with van der Waals surface area (Å²) in [4.78, 5) is 29.6. The summed E-state index contributed by atoms with van der Waals surface area (Å²) < 4.78 is 6.99. The number of carbonyl (C=O) groups is 1. The Balaban J connectivity index is 1.81. The minimum absolute atomic E-state index is 0.0220. The molecule has 0 atom stereocenters. The van der Waals surface area contributed by atoms with E-state index in [1.807, 2.05) is 24.3 Å². The van der Waals surface area contributed by atoms with Gasteiger partial charge in [0.05, 0.1) is 17.9 Å². The molecule has 0 radical (unpaired) electrons. The van der Waals surface area contributed by atoms with Gasteiger partial charge in [-0.05, 0) is 49.5 Å². The van der Waals surface area contributed by atoms with Crippen molar-refractivity contribution in [1.82, 2.24) is 14.5 Å². The normalized spacial score (nSPS) is 11.9. The number of aromatic nitrogens is 2. The molecule has 2 aromatic heterocycles. The number of primary amides is 1. The Hall–Kier alpha value is -3.06. The van der Waals surface area contributed by atoms with Crippen molar-refractivity contribution >= 4 is 16.9 Å². The highest BCUT2D eigenvalue weighted by Crippen LogP contribution is 2.27. The van der Waals surface area contributed by atoms with Gasteiger partial charge in [-0.25, -0.2) is 9.36 Å². The third kappa shape index (κ3) is 4.74. The van der Waals surface area contributed by atoms with Crippen LogP contribution in [0.2, 0.25) is 0 Å². The Labute approximate surface area is 176 Å². The fraction of sp³-hybridized carbons (Fsp3) is 0.391. The molecule has 0 fully saturated rings. The quantitative estimate of drug-likeness (QED) is 0.592. The number of nitrogens with one attached hydrogen (secondary N) is 1. The minimum atomic E-state index is -0.805. The molecule has 0 saturated heterocycles. The topological polar surface area (TPSA) is 93.3 Å². The van der Waals surface area contributed by atoms with Crippen LogP contribution in [-0.4, -0.2) is 46.7 Å². The monoisotopic (exact) mass is 410 g/mol. The Kier molecular flexibility index (Phi) is 6.31. The smallest absolute Gasteiger partial charge is 0.325 e. The van der Waals surface area contributed by atoms with Gasteiger partial charge in [0.2, 0.25) is 0 Å². The molecule has 0 unspecified atom stereocenters. The number of nitrogens with zero attached hydrogens (tertiary/aromatic N) is 2. The third-order valence-electron chi connectivity index (χ3n) is 5.24. The number of hydrogen-bond donors (Lipinski definition) is 2. The Morgan fingerprint density at radius 2 is 1.93 bits per heavy atom. The summed E-state index contributed by atoms with van der Waals surface area (Å²) in [5.74, 6) is 0.781. The van der Waals surface area contributed by atoms with Gasteiger partial charge in [-0.15, -0.1) is 0 Å². The van der Waals surface area contributed by atoms with Gasteiger partial charge in [0.25, 0.3) is 5.56 Å². The fourth-order valence-electron chi connectivity index (χ4n) is 3.60. The summed E-state index contributed by atoms with van der Waals surface area (Å²) >= 11 is 0. The molecule has 1 aromatic carbocycles. The van der Waals surface area contributed by atoms with Gasteiger partial charge in [0.15, 0.2) is 0 Å². The Morgan fingerprint density at radius 3 is 2.60 bits per heavy atom. The molecule has 7 heteroatoms. The first-order valence-corrected chi connectivity index (χ1v) is 10.2. The molecular weight excluding hydrogens is 380 g/mol. The molecule has 3 rings (SSSR count). The summed E-state index contributed by atoms with van der Waals surface area (Å²) in [6.45, 7) is 12.4. The predicted octanol–water partition coefficient (Wildman–Crippen LogP) is 3.67. The number of carbonyl (C=O) groups excluding carboxylic acids is 1. The van der Waals surface area contributed by atoms with Crippen molar-refractivity contribution in [3.05, 3.63) is 52.9 Å². The Morgan fingerprint density at radius 1 is 1.20 bits per heavy atom. The van der Waals surface area contributed by atoms with Crippen LogP contribution in [0.4, 0.5) is 4.79 Å². The maximum atomic E-state index is 12.5. The average molecular weight is 411 g/mol. The molecule has 0 bridgehead atoms. The number of hydrogen-bond acceptors (Lipinski definition) is 4. The maximum Gasteiger partial charge on any atom is 0.325 e. The van der Waals surface area contributed by atoms with Gasteiger partial charge in [-0.2, -0.15) is 0 Å². The summed E-state index contributed by atoms with van der Waals surface area (Å²) in [7, 11) is 0. The highest BCUT2D eigenvalue weighted by Gasteiger charge is 2.22. The van der Waals surface area contributed by atoms with Crippen molar-refractivity contribution in [2.24, 2.45) is 11.1 Å². The summed E-state index contributed by atoms with van der Waals surface area (Å²) in [6.07, 6.45) is 1.36. The lowest BCUT2D eigenvalue weighted by molar-refractivity contribution is 0.121. The van der Waals surface area contributed by atoms with E-state index in [9.17, 15) is 9.59 Å². The number of aromatic amines is 1. The van der Waals surface area contributed by atoms with Crippen molar-refractivity contribution < 1.29 is 9.53 Å². The van der Waals surface area contributed by atoms with E-state index in [1.165, 1.54) is 6.20 Å². The second kappa shape index (κ2) is 8.75. The van der Waals surface area contributed by atoms with E-state index in [4.69, 9.17) is 10.5 Å². The number of ether oxygens (including phenoxy) is 1. The summed E-state index contributed by atoms with van der Waals surface area (Å²) in [6, 6.07) is 10.2.